The summed E-state index contributed by atoms with van der Waals surface area (Å²) in [6.07, 6.45) is 0. The molecule has 1 amide bonds. The third kappa shape index (κ3) is 3.98. The van der Waals surface area contributed by atoms with Crippen LogP contribution in [0.3, 0.4) is 0 Å². The summed E-state index contributed by atoms with van der Waals surface area (Å²) in [6.45, 7) is 4.26. The van der Waals surface area contributed by atoms with E-state index in [1.807, 2.05) is 0 Å². The van der Waals surface area contributed by atoms with Gasteiger partial charge in [0.1, 0.15) is 0 Å². The SMILES string of the molecule is CCSCCNC(=O)c1csc(C(C)=O)c1. The van der Waals surface area contributed by atoms with Gasteiger partial charge in [0.15, 0.2) is 5.78 Å². The largest absolute Gasteiger partial charge is 0.351 e. The van der Waals surface area contributed by atoms with Crippen LogP contribution in [0.25, 0.3) is 0 Å². The topological polar surface area (TPSA) is 46.2 Å². The summed E-state index contributed by atoms with van der Waals surface area (Å²) >= 11 is 3.10. The van der Waals surface area contributed by atoms with Crippen molar-refractivity contribution >= 4 is 34.8 Å². The summed E-state index contributed by atoms with van der Waals surface area (Å²) in [4.78, 5) is 23.3. The molecule has 1 aromatic rings. The monoisotopic (exact) mass is 257 g/mol. The van der Waals surface area contributed by atoms with Crippen molar-refractivity contribution < 1.29 is 9.59 Å². The van der Waals surface area contributed by atoms with E-state index in [1.165, 1.54) is 18.3 Å². The number of carbonyl (C=O) groups excluding carboxylic acids is 2. The molecule has 0 saturated heterocycles. The lowest BCUT2D eigenvalue weighted by molar-refractivity contribution is 0.0956. The number of thioether (sulfide) groups is 1. The van der Waals surface area contributed by atoms with Gasteiger partial charge in [0.2, 0.25) is 0 Å². The Morgan fingerprint density at radius 1 is 1.50 bits per heavy atom. The van der Waals surface area contributed by atoms with E-state index in [0.717, 1.165) is 11.5 Å². The Hall–Kier alpha value is -0.810. The van der Waals surface area contributed by atoms with Gasteiger partial charge in [-0.1, -0.05) is 6.92 Å². The highest BCUT2D eigenvalue weighted by Gasteiger charge is 2.09. The maximum absolute atomic E-state index is 11.6. The normalized spacial score (nSPS) is 10.1. The fourth-order valence-corrected chi connectivity index (χ4v) is 2.45. The first-order chi connectivity index (χ1) is 7.65. The van der Waals surface area contributed by atoms with E-state index in [-0.39, 0.29) is 11.7 Å². The van der Waals surface area contributed by atoms with Gasteiger partial charge in [-0.2, -0.15) is 11.8 Å². The fraction of sp³-hybridized carbons (Fsp3) is 0.455. The Kier molecular flexibility index (Phi) is 5.55. The van der Waals surface area contributed by atoms with Crippen LogP contribution in [-0.4, -0.2) is 29.7 Å². The van der Waals surface area contributed by atoms with Gasteiger partial charge in [-0.05, 0) is 18.7 Å². The number of thiophene rings is 1. The van der Waals surface area contributed by atoms with Crippen LogP contribution in [0.15, 0.2) is 11.4 Å². The summed E-state index contributed by atoms with van der Waals surface area (Å²) in [6, 6.07) is 1.65. The minimum Gasteiger partial charge on any atom is -0.351 e. The van der Waals surface area contributed by atoms with Crippen LogP contribution in [0.2, 0.25) is 0 Å². The quantitative estimate of drug-likeness (QED) is 0.629. The van der Waals surface area contributed by atoms with Crippen molar-refractivity contribution in [1.29, 1.82) is 0 Å². The summed E-state index contributed by atoms with van der Waals surface area (Å²) in [5.41, 5.74) is 0.580. The fourth-order valence-electron chi connectivity index (χ4n) is 1.12. The van der Waals surface area contributed by atoms with Crippen molar-refractivity contribution in [3.63, 3.8) is 0 Å². The second kappa shape index (κ2) is 6.70. The summed E-state index contributed by atoms with van der Waals surface area (Å²) in [7, 11) is 0. The zero-order valence-corrected chi connectivity index (χ0v) is 11.0. The Bertz CT molecular complexity index is 374. The van der Waals surface area contributed by atoms with Gasteiger partial charge in [-0.15, -0.1) is 11.3 Å². The molecule has 0 aromatic carbocycles. The van der Waals surface area contributed by atoms with Crippen LogP contribution in [0.4, 0.5) is 0 Å². The van der Waals surface area contributed by atoms with Gasteiger partial charge in [0.05, 0.1) is 10.4 Å². The molecule has 0 aliphatic heterocycles. The standard InChI is InChI=1S/C11H15NO2S2/c1-3-15-5-4-12-11(14)9-6-10(8(2)13)16-7-9/h6-7H,3-5H2,1-2H3,(H,12,14). The molecule has 0 atom stereocenters. The van der Waals surface area contributed by atoms with Gasteiger partial charge < -0.3 is 5.32 Å². The van der Waals surface area contributed by atoms with Gasteiger partial charge in [0.25, 0.3) is 5.91 Å². The van der Waals surface area contributed by atoms with Crippen molar-refractivity contribution in [1.82, 2.24) is 5.32 Å². The lowest BCUT2D eigenvalue weighted by Crippen LogP contribution is -2.25. The van der Waals surface area contributed by atoms with Crippen LogP contribution < -0.4 is 5.32 Å². The van der Waals surface area contributed by atoms with E-state index < -0.39 is 0 Å². The Morgan fingerprint density at radius 2 is 2.25 bits per heavy atom. The maximum atomic E-state index is 11.6. The van der Waals surface area contributed by atoms with Crippen LogP contribution in [-0.2, 0) is 0 Å². The molecule has 0 aliphatic rings. The Balaban J connectivity index is 2.43. The molecule has 1 rings (SSSR count). The molecule has 0 aliphatic carbocycles. The molecule has 0 spiro atoms. The van der Waals surface area contributed by atoms with Gasteiger partial charge in [-0.25, -0.2) is 0 Å². The highest BCUT2D eigenvalue weighted by Crippen LogP contribution is 2.15. The van der Waals surface area contributed by atoms with E-state index in [1.54, 1.807) is 23.2 Å². The Labute approximate surface area is 104 Å². The number of Topliss-reactive ketones (excluding diaryl/α,β-unsaturated/α-hetero) is 1. The number of carbonyl (C=O) groups is 2. The average Bonchev–Trinajstić information content (AvgIpc) is 2.73. The lowest BCUT2D eigenvalue weighted by Gasteiger charge is -2.01. The lowest BCUT2D eigenvalue weighted by atomic mass is 10.2. The molecule has 1 heterocycles. The van der Waals surface area contributed by atoms with E-state index in [0.29, 0.717) is 17.0 Å². The highest BCUT2D eigenvalue weighted by atomic mass is 32.2. The van der Waals surface area contributed by atoms with Crippen molar-refractivity contribution in [3.05, 3.63) is 21.9 Å². The molecular weight excluding hydrogens is 242 g/mol. The molecule has 5 heteroatoms. The average molecular weight is 257 g/mol. The smallest absolute Gasteiger partial charge is 0.252 e. The third-order valence-electron chi connectivity index (χ3n) is 1.94. The first kappa shape index (κ1) is 13.3. The first-order valence-corrected chi connectivity index (χ1v) is 7.14. The molecule has 0 saturated carbocycles. The number of ketones is 1. The van der Waals surface area contributed by atoms with Gasteiger partial charge >= 0.3 is 0 Å². The molecule has 0 unspecified atom stereocenters. The second-order valence-corrected chi connectivity index (χ2v) is 5.51. The number of rotatable bonds is 6. The molecule has 1 aromatic heterocycles. The minimum absolute atomic E-state index is 0.00517. The molecule has 0 bridgehead atoms. The van der Waals surface area contributed by atoms with E-state index in [2.05, 4.69) is 12.2 Å². The van der Waals surface area contributed by atoms with E-state index >= 15 is 0 Å². The molecule has 16 heavy (non-hydrogen) atoms. The minimum atomic E-state index is -0.0968. The van der Waals surface area contributed by atoms with Crippen molar-refractivity contribution in [2.75, 3.05) is 18.1 Å². The molecule has 0 radical (unpaired) electrons. The molecule has 1 N–H and O–H groups in total. The molecule has 0 fully saturated rings. The summed E-state index contributed by atoms with van der Waals surface area (Å²) < 4.78 is 0. The predicted octanol–water partition coefficient (Wildman–Crippen LogP) is 2.43. The third-order valence-corrected chi connectivity index (χ3v) is 3.88. The highest BCUT2D eigenvalue weighted by molar-refractivity contribution is 7.99. The number of nitrogens with one attached hydrogen (secondary N) is 1. The van der Waals surface area contributed by atoms with Crippen LogP contribution in [0.5, 0.6) is 0 Å². The van der Waals surface area contributed by atoms with Crippen molar-refractivity contribution in [2.24, 2.45) is 0 Å². The Morgan fingerprint density at radius 3 is 2.81 bits per heavy atom. The number of hydrogen-bond donors (Lipinski definition) is 1. The molecular formula is C11H15NO2S2. The number of amides is 1. The molecule has 88 valence electrons. The summed E-state index contributed by atoms with van der Waals surface area (Å²) in [5, 5.41) is 4.54. The van der Waals surface area contributed by atoms with Crippen molar-refractivity contribution in [2.45, 2.75) is 13.8 Å². The predicted molar refractivity (Wildman–Crippen MR) is 69.7 cm³/mol. The van der Waals surface area contributed by atoms with E-state index in [4.69, 9.17) is 0 Å². The zero-order valence-electron chi connectivity index (χ0n) is 9.41. The van der Waals surface area contributed by atoms with Gasteiger partial charge in [0, 0.05) is 17.7 Å². The van der Waals surface area contributed by atoms with Crippen molar-refractivity contribution in [3.8, 4) is 0 Å². The first-order valence-electron chi connectivity index (χ1n) is 5.10. The van der Waals surface area contributed by atoms with Crippen LogP contribution in [0, 0.1) is 0 Å². The zero-order chi connectivity index (χ0) is 12.0. The van der Waals surface area contributed by atoms with Crippen LogP contribution in [0.1, 0.15) is 33.9 Å². The maximum Gasteiger partial charge on any atom is 0.252 e. The van der Waals surface area contributed by atoms with Crippen LogP contribution >= 0.6 is 23.1 Å². The van der Waals surface area contributed by atoms with E-state index in [9.17, 15) is 9.59 Å². The van der Waals surface area contributed by atoms with Gasteiger partial charge in [-0.3, -0.25) is 9.59 Å². The summed E-state index contributed by atoms with van der Waals surface area (Å²) in [5.74, 6) is 1.89. The number of hydrogen-bond acceptors (Lipinski definition) is 4. The molecule has 3 nitrogen and oxygen atoms in total. The second-order valence-electron chi connectivity index (χ2n) is 3.21.